The fourth-order valence-corrected chi connectivity index (χ4v) is 4.44. The van der Waals surface area contributed by atoms with Crippen molar-refractivity contribution in [1.82, 2.24) is 5.32 Å². The second kappa shape index (κ2) is 6.38. The van der Waals surface area contributed by atoms with Gasteiger partial charge in [0.2, 0.25) is 0 Å². The van der Waals surface area contributed by atoms with E-state index in [0.29, 0.717) is 32.7 Å². The van der Waals surface area contributed by atoms with Gasteiger partial charge in [0.25, 0.3) is 0 Å². The van der Waals surface area contributed by atoms with Crippen molar-refractivity contribution >= 4 is 34.0 Å². The van der Waals surface area contributed by atoms with Crippen molar-refractivity contribution in [3.05, 3.63) is 28.2 Å². The van der Waals surface area contributed by atoms with Crippen LogP contribution in [-0.2, 0) is 10.8 Å². The summed E-state index contributed by atoms with van der Waals surface area (Å²) >= 11 is 12.2. The molecular weight excluding hydrogens is 289 g/mol. The molecule has 1 aliphatic carbocycles. The average molecular weight is 306 g/mol. The van der Waals surface area contributed by atoms with Crippen molar-refractivity contribution in [3.8, 4) is 0 Å². The minimum atomic E-state index is -1.15. The minimum absolute atomic E-state index is 0.308. The summed E-state index contributed by atoms with van der Waals surface area (Å²) in [5.41, 5.74) is 0. The predicted octanol–water partition coefficient (Wildman–Crippen LogP) is 3.49. The molecule has 2 unspecified atom stereocenters. The first kappa shape index (κ1) is 14.3. The first-order chi connectivity index (χ1) is 8.63. The zero-order valence-corrected chi connectivity index (χ0v) is 12.6. The Morgan fingerprint density at radius 3 is 2.50 bits per heavy atom. The van der Waals surface area contributed by atoms with Crippen LogP contribution in [0.2, 0.25) is 10.0 Å². The van der Waals surface area contributed by atoms with Crippen molar-refractivity contribution in [1.29, 1.82) is 0 Å². The second-order valence-electron chi connectivity index (χ2n) is 4.56. The molecule has 5 heteroatoms. The van der Waals surface area contributed by atoms with Crippen molar-refractivity contribution < 1.29 is 4.21 Å². The summed E-state index contributed by atoms with van der Waals surface area (Å²) in [6.07, 6.45) is 2.45. The van der Waals surface area contributed by atoms with Gasteiger partial charge in [-0.15, -0.1) is 0 Å². The first-order valence-electron chi connectivity index (χ1n) is 6.19. The van der Waals surface area contributed by atoms with E-state index in [-0.39, 0.29) is 0 Å². The van der Waals surface area contributed by atoms with Gasteiger partial charge >= 0.3 is 0 Å². The van der Waals surface area contributed by atoms with E-state index in [1.165, 1.54) is 12.8 Å². The van der Waals surface area contributed by atoms with E-state index < -0.39 is 10.8 Å². The highest BCUT2D eigenvalue weighted by Crippen LogP contribution is 2.35. The molecule has 0 heterocycles. The molecule has 0 aromatic heterocycles. The summed E-state index contributed by atoms with van der Waals surface area (Å²) in [6, 6.07) is 5.55. The van der Waals surface area contributed by atoms with Crippen molar-refractivity contribution in [3.63, 3.8) is 0 Å². The Bertz CT molecular complexity index is 428. The molecule has 100 valence electrons. The molecule has 1 aliphatic rings. The maximum atomic E-state index is 12.4. The fourth-order valence-electron chi connectivity index (χ4n) is 2.07. The zero-order valence-electron chi connectivity index (χ0n) is 10.3. The minimum Gasteiger partial charge on any atom is -0.313 e. The highest BCUT2D eigenvalue weighted by Gasteiger charge is 2.32. The lowest BCUT2D eigenvalue weighted by Crippen LogP contribution is -2.35. The lowest BCUT2D eigenvalue weighted by Gasteiger charge is -2.17. The van der Waals surface area contributed by atoms with E-state index in [9.17, 15) is 4.21 Å². The van der Waals surface area contributed by atoms with Crippen LogP contribution in [0.25, 0.3) is 0 Å². The van der Waals surface area contributed by atoms with Crippen LogP contribution in [0.4, 0.5) is 0 Å². The van der Waals surface area contributed by atoms with E-state index in [2.05, 4.69) is 12.2 Å². The number of rotatable bonds is 6. The normalized spacial score (nSPS) is 18.6. The monoisotopic (exact) mass is 305 g/mol. The Morgan fingerprint density at radius 2 is 2.00 bits per heavy atom. The van der Waals surface area contributed by atoms with Crippen LogP contribution in [0.3, 0.4) is 0 Å². The Balaban J connectivity index is 2.10. The van der Waals surface area contributed by atoms with Crippen molar-refractivity contribution in [2.75, 3.05) is 12.3 Å². The summed E-state index contributed by atoms with van der Waals surface area (Å²) < 4.78 is 12.4. The molecule has 0 bridgehead atoms. The van der Waals surface area contributed by atoms with Gasteiger partial charge in [-0.25, -0.2) is 0 Å². The summed E-state index contributed by atoms with van der Waals surface area (Å²) in [5, 5.41) is 4.39. The van der Waals surface area contributed by atoms with Crippen molar-refractivity contribution in [2.24, 2.45) is 5.92 Å². The molecule has 2 atom stereocenters. The molecular formula is C13H17Cl2NOS. The van der Waals surface area contributed by atoms with Gasteiger partial charge in [-0.3, -0.25) is 4.21 Å². The predicted molar refractivity (Wildman–Crippen MR) is 77.9 cm³/mol. The molecule has 1 N–H and O–H groups in total. The van der Waals surface area contributed by atoms with Gasteiger partial charge in [0.1, 0.15) is 0 Å². The van der Waals surface area contributed by atoms with Crippen LogP contribution in [0.5, 0.6) is 0 Å². The zero-order chi connectivity index (χ0) is 13.1. The lowest BCUT2D eigenvalue weighted by atomic mass is 10.2. The average Bonchev–Trinajstić information content (AvgIpc) is 3.12. The third kappa shape index (κ3) is 3.47. The van der Waals surface area contributed by atoms with Gasteiger partial charge in [0.05, 0.1) is 25.7 Å². The van der Waals surface area contributed by atoms with Gasteiger partial charge in [-0.1, -0.05) is 36.2 Å². The van der Waals surface area contributed by atoms with E-state index in [0.717, 1.165) is 6.54 Å². The van der Waals surface area contributed by atoms with E-state index in [1.54, 1.807) is 18.2 Å². The third-order valence-electron chi connectivity index (χ3n) is 3.13. The van der Waals surface area contributed by atoms with Gasteiger partial charge in [-0.05, 0) is 37.4 Å². The summed E-state index contributed by atoms with van der Waals surface area (Å²) in [6.45, 7) is 2.97. The topological polar surface area (TPSA) is 29.1 Å². The van der Waals surface area contributed by atoms with Crippen LogP contribution in [0.1, 0.15) is 19.8 Å². The largest absolute Gasteiger partial charge is 0.313 e. The number of nitrogens with one attached hydrogen (secondary N) is 1. The highest BCUT2D eigenvalue weighted by atomic mass is 35.5. The maximum absolute atomic E-state index is 12.4. The standard InChI is InChI=1S/C13H17Cl2NOS/c1-2-16-12(9-6-7-9)8-18(17)13-10(14)4-3-5-11(13)15/h3-5,9,12,16H,2,6-8H2,1H3. The number of benzene rings is 1. The summed E-state index contributed by atoms with van der Waals surface area (Å²) in [7, 11) is -1.15. The Morgan fingerprint density at radius 1 is 1.39 bits per heavy atom. The summed E-state index contributed by atoms with van der Waals surface area (Å²) in [4.78, 5) is 0.574. The number of hydrogen-bond acceptors (Lipinski definition) is 2. The van der Waals surface area contributed by atoms with E-state index >= 15 is 0 Å². The van der Waals surface area contributed by atoms with E-state index in [1.807, 2.05) is 0 Å². The van der Waals surface area contributed by atoms with Crippen molar-refractivity contribution in [2.45, 2.75) is 30.7 Å². The SMILES string of the molecule is CCNC(CS(=O)c1c(Cl)cccc1Cl)C1CC1. The molecule has 2 rings (SSSR count). The molecule has 1 aromatic carbocycles. The fraction of sp³-hybridized carbons (Fsp3) is 0.538. The number of hydrogen-bond donors (Lipinski definition) is 1. The Kier molecular flexibility index (Phi) is 5.07. The van der Waals surface area contributed by atoms with Crippen LogP contribution in [0, 0.1) is 5.92 Å². The third-order valence-corrected chi connectivity index (χ3v) is 5.55. The molecule has 0 aliphatic heterocycles. The lowest BCUT2D eigenvalue weighted by molar-refractivity contribution is 0.514. The molecule has 18 heavy (non-hydrogen) atoms. The van der Waals surface area contributed by atoms with Crippen LogP contribution >= 0.6 is 23.2 Å². The molecule has 1 fully saturated rings. The van der Waals surface area contributed by atoms with Gasteiger partial charge in [0, 0.05) is 11.8 Å². The molecule has 0 radical (unpaired) electrons. The van der Waals surface area contributed by atoms with Crippen LogP contribution in [-0.4, -0.2) is 22.5 Å². The smallest absolute Gasteiger partial charge is 0.0760 e. The molecule has 2 nitrogen and oxygen atoms in total. The Hall–Kier alpha value is -0.0900. The van der Waals surface area contributed by atoms with Crippen LogP contribution in [0.15, 0.2) is 23.1 Å². The second-order valence-corrected chi connectivity index (χ2v) is 6.81. The molecule has 0 spiro atoms. The maximum Gasteiger partial charge on any atom is 0.0760 e. The molecule has 0 amide bonds. The first-order valence-corrected chi connectivity index (χ1v) is 8.26. The van der Waals surface area contributed by atoms with Gasteiger partial charge in [0.15, 0.2) is 0 Å². The Labute approximate surface area is 121 Å². The van der Waals surface area contributed by atoms with Gasteiger partial charge < -0.3 is 5.32 Å². The quantitative estimate of drug-likeness (QED) is 0.871. The molecule has 0 saturated heterocycles. The summed E-state index contributed by atoms with van der Waals surface area (Å²) in [5.74, 6) is 1.25. The van der Waals surface area contributed by atoms with Gasteiger partial charge in [-0.2, -0.15) is 0 Å². The highest BCUT2D eigenvalue weighted by molar-refractivity contribution is 7.85. The number of halogens is 2. The molecule has 1 aromatic rings. The molecule has 1 saturated carbocycles. The van der Waals surface area contributed by atoms with E-state index in [4.69, 9.17) is 23.2 Å². The van der Waals surface area contributed by atoms with Crippen LogP contribution < -0.4 is 5.32 Å².